The van der Waals surface area contributed by atoms with E-state index in [1.54, 1.807) is 50.6 Å². The molecule has 0 saturated carbocycles. The largest absolute Gasteiger partial charge is 0.493 e. The van der Waals surface area contributed by atoms with Crippen LogP contribution >= 0.6 is 11.3 Å². The Morgan fingerprint density at radius 2 is 1.66 bits per heavy atom. The second-order valence-corrected chi connectivity index (χ2v) is 10.9. The molecule has 5 rings (SSSR count). The first-order valence-corrected chi connectivity index (χ1v) is 14.2. The van der Waals surface area contributed by atoms with E-state index in [9.17, 15) is 8.42 Å². The van der Waals surface area contributed by atoms with Crippen LogP contribution in [-0.2, 0) is 10.0 Å². The lowest BCUT2D eigenvalue weighted by atomic mass is 10.1. The minimum atomic E-state index is -3.87. The molecule has 2 heterocycles. The van der Waals surface area contributed by atoms with Crippen molar-refractivity contribution < 1.29 is 17.9 Å². The molecule has 0 aliphatic heterocycles. The first-order chi connectivity index (χ1) is 18.5. The molecule has 2 aromatic heterocycles. The molecule has 38 heavy (non-hydrogen) atoms. The zero-order valence-electron chi connectivity index (χ0n) is 21.1. The van der Waals surface area contributed by atoms with E-state index in [4.69, 9.17) is 9.47 Å². The van der Waals surface area contributed by atoms with Crippen molar-refractivity contribution in [2.45, 2.75) is 11.8 Å². The van der Waals surface area contributed by atoms with Gasteiger partial charge in [-0.2, -0.15) is 0 Å². The molecule has 1 N–H and O–H groups in total. The van der Waals surface area contributed by atoms with Crippen molar-refractivity contribution in [3.63, 3.8) is 0 Å². The van der Waals surface area contributed by atoms with Gasteiger partial charge in [-0.05, 0) is 48.9 Å². The van der Waals surface area contributed by atoms with E-state index in [0.29, 0.717) is 28.7 Å². The number of methoxy groups -OCH3 is 2. The molecule has 0 bridgehead atoms. The van der Waals surface area contributed by atoms with Crippen molar-refractivity contribution in [2.24, 2.45) is 0 Å². The summed E-state index contributed by atoms with van der Waals surface area (Å²) in [6.45, 7) is 2.10. The molecular weight excluding hydrogens is 520 g/mol. The number of hydrogen-bond acceptors (Lipinski definition) is 8. The van der Waals surface area contributed by atoms with Crippen molar-refractivity contribution in [2.75, 3.05) is 30.4 Å². The molecule has 0 aliphatic rings. The van der Waals surface area contributed by atoms with Gasteiger partial charge in [-0.1, -0.05) is 36.4 Å². The summed E-state index contributed by atoms with van der Waals surface area (Å²) in [4.78, 5) is 9.87. The van der Waals surface area contributed by atoms with Crippen molar-refractivity contribution in [1.29, 1.82) is 0 Å². The lowest BCUT2D eigenvalue weighted by Crippen LogP contribution is -2.31. The molecular formula is C28H26N4O4S2. The number of rotatable bonds is 9. The van der Waals surface area contributed by atoms with Crippen LogP contribution in [0.4, 0.5) is 17.2 Å². The Labute approximate surface area is 225 Å². The maximum absolute atomic E-state index is 13.8. The van der Waals surface area contributed by atoms with Gasteiger partial charge in [0, 0.05) is 17.5 Å². The summed E-state index contributed by atoms with van der Waals surface area (Å²) >= 11 is 1.48. The molecule has 5 aromatic rings. The van der Waals surface area contributed by atoms with E-state index in [1.807, 2.05) is 48.7 Å². The highest BCUT2D eigenvalue weighted by Crippen LogP contribution is 2.41. The summed E-state index contributed by atoms with van der Waals surface area (Å²) in [5.74, 6) is 1.74. The molecule has 0 spiro atoms. The molecule has 0 amide bonds. The fourth-order valence-electron chi connectivity index (χ4n) is 4.31. The van der Waals surface area contributed by atoms with Gasteiger partial charge < -0.3 is 14.8 Å². The second kappa shape index (κ2) is 10.7. The van der Waals surface area contributed by atoms with E-state index >= 15 is 0 Å². The highest BCUT2D eigenvalue weighted by atomic mass is 32.2. The van der Waals surface area contributed by atoms with Crippen LogP contribution < -0.4 is 19.1 Å². The average molecular weight is 547 g/mol. The number of anilines is 3. The Morgan fingerprint density at radius 3 is 2.39 bits per heavy atom. The SMILES string of the molecule is CCN(c1ccccc1)S(=O)(=O)c1ccccc1Nc1ncnc2scc(-c3ccc(OC)c(OC)c3)c12. The maximum atomic E-state index is 13.8. The number of para-hydroxylation sites is 2. The number of hydrogen-bond donors (Lipinski definition) is 1. The summed E-state index contributed by atoms with van der Waals surface area (Å²) in [5.41, 5.74) is 2.82. The van der Waals surface area contributed by atoms with Crippen LogP contribution in [0.5, 0.6) is 11.5 Å². The summed E-state index contributed by atoms with van der Waals surface area (Å²) in [6.07, 6.45) is 1.47. The number of nitrogens with zero attached hydrogens (tertiary/aromatic N) is 3. The van der Waals surface area contributed by atoms with Gasteiger partial charge in [0.25, 0.3) is 10.0 Å². The van der Waals surface area contributed by atoms with E-state index < -0.39 is 10.0 Å². The molecule has 0 saturated heterocycles. The molecule has 3 aromatic carbocycles. The third kappa shape index (κ3) is 4.64. The number of nitrogens with one attached hydrogen (secondary N) is 1. The van der Waals surface area contributed by atoms with Crippen LogP contribution in [0.15, 0.2) is 89.4 Å². The Morgan fingerprint density at radius 1 is 0.921 bits per heavy atom. The van der Waals surface area contributed by atoms with Gasteiger partial charge >= 0.3 is 0 Å². The number of thiophene rings is 1. The van der Waals surface area contributed by atoms with Crippen LogP contribution in [-0.4, -0.2) is 39.2 Å². The summed E-state index contributed by atoms with van der Waals surface area (Å²) in [7, 11) is -0.688. The third-order valence-electron chi connectivity index (χ3n) is 6.10. The van der Waals surface area contributed by atoms with Crippen molar-refractivity contribution in [3.8, 4) is 22.6 Å². The lowest BCUT2D eigenvalue weighted by molar-refractivity contribution is 0.355. The van der Waals surface area contributed by atoms with Crippen LogP contribution in [0.1, 0.15) is 6.92 Å². The smallest absolute Gasteiger partial charge is 0.266 e. The van der Waals surface area contributed by atoms with Gasteiger partial charge in [-0.3, -0.25) is 4.31 Å². The van der Waals surface area contributed by atoms with Gasteiger partial charge in [0.15, 0.2) is 11.5 Å². The molecule has 194 valence electrons. The van der Waals surface area contributed by atoms with E-state index in [-0.39, 0.29) is 11.4 Å². The van der Waals surface area contributed by atoms with Crippen molar-refractivity contribution in [3.05, 3.63) is 84.5 Å². The molecule has 8 nitrogen and oxygen atoms in total. The fourth-order valence-corrected chi connectivity index (χ4v) is 6.85. The van der Waals surface area contributed by atoms with Gasteiger partial charge in [0.1, 0.15) is 21.9 Å². The minimum absolute atomic E-state index is 0.153. The normalized spacial score (nSPS) is 11.3. The standard InChI is InChI=1S/C28H26N4O4S2/c1-4-32(20-10-6-5-7-11-20)38(33,34)25-13-9-8-12-22(25)31-27-26-21(17-37-28(26)30-18-29-27)19-14-15-23(35-2)24(16-19)36-3/h5-18H,4H2,1-3H3,(H,29,30,31). The monoisotopic (exact) mass is 546 g/mol. The van der Waals surface area contributed by atoms with E-state index in [2.05, 4.69) is 15.3 Å². The number of aromatic nitrogens is 2. The maximum Gasteiger partial charge on any atom is 0.266 e. The van der Waals surface area contributed by atoms with Crippen LogP contribution in [0.2, 0.25) is 0 Å². The zero-order valence-corrected chi connectivity index (χ0v) is 22.7. The predicted octanol–water partition coefficient (Wildman–Crippen LogP) is 6.33. The third-order valence-corrected chi connectivity index (χ3v) is 8.95. The Balaban J connectivity index is 1.60. The number of benzene rings is 3. The lowest BCUT2D eigenvalue weighted by Gasteiger charge is -2.24. The van der Waals surface area contributed by atoms with Gasteiger partial charge in [-0.15, -0.1) is 11.3 Å². The van der Waals surface area contributed by atoms with Crippen molar-refractivity contribution >= 4 is 48.8 Å². The zero-order chi connectivity index (χ0) is 26.7. The van der Waals surface area contributed by atoms with Crippen LogP contribution in [0.25, 0.3) is 21.3 Å². The van der Waals surface area contributed by atoms with Gasteiger partial charge in [-0.25, -0.2) is 18.4 Å². The fraction of sp³-hybridized carbons (Fsp3) is 0.143. The van der Waals surface area contributed by atoms with E-state index in [0.717, 1.165) is 21.3 Å². The minimum Gasteiger partial charge on any atom is -0.493 e. The molecule has 10 heteroatoms. The molecule has 0 aliphatic carbocycles. The van der Waals surface area contributed by atoms with Gasteiger partial charge in [0.05, 0.1) is 31.0 Å². The summed E-state index contributed by atoms with van der Waals surface area (Å²) in [5, 5.41) is 6.08. The molecule has 0 atom stereocenters. The number of ether oxygens (including phenoxy) is 2. The Kier molecular flexibility index (Phi) is 7.17. The first-order valence-electron chi connectivity index (χ1n) is 11.9. The quantitative estimate of drug-likeness (QED) is 0.231. The topological polar surface area (TPSA) is 93.7 Å². The van der Waals surface area contributed by atoms with Crippen LogP contribution in [0, 0.1) is 0 Å². The summed E-state index contributed by atoms with van der Waals surface area (Å²) in [6, 6.07) is 21.6. The second-order valence-electron chi connectivity index (χ2n) is 8.25. The molecule has 0 fully saturated rings. The Hall–Kier alpha value is -4.15. The predicted molar refractivity (Wildman–Crippen MR) is 152 cm³/mol. The van der Waals surface area contributed by atoms with Crippen molar-refractivity contribution in [1.82, 2.24) is 9.97 Å². The van der Waals surface area contributed by atoms with Crippen LogP contribution in [0.3, 0.4) is 0 Å². The van der Waals surface area contributed by atoms with E-state index in [1.165, 1.54) is 22.0 Å². The molecule has 0 radical (unpaired) electrons. The Bertz CT molecular complexity index is 1690. The molecule has 0 unspecified atom stereocenters. The van der Waals surface area contributed by atoms with Gasteiger partial charge in [0.2, 0.25) is 0 Å². The first kappa shape index (κ1) is 25.5. The average Bonchev–Trinajstić information content (AvgIpc) is 3.39. The summed E-state index contributed by atoms with van der Waals surface area (Å²) < 4.78 is 39.9. The highest BCUT2D eigenvalue weighted by Gasteiger charge is 2.27. The number of fused-ring (bicyclic) bond motifs is 1. The highest BCUT2D eigenvalue weighted by molar-refractivity contribution is 7.93. The number of sulfonamides is 1.